The van der Waals surface area contributed by atoms with E-state index in [-0.39, 0.29) is 6.03 Å². The molecule has 1 saturated carbocycles. The number of hydrogen-bond acceptors (Lipinski definition) is 3. The van der Waals surface area contributed by atoms with Gasteiger partial charge in [0.2, 0.25) is 0 Å². The molecule has 1 aliphatic rings. The van der Waals surface area contributed by atoms with Gasteiger partial charge >= 0.3 is 12.0 Å². The number of carbonyl (C=O) groups is 2. The Morgan fingerprint density at radius 3 is 2.50 bits per heavy atom. The lowest BCUT2D eigenvalue weighted by atomic mass is 9.77. The van der Waals surface area contributed by atoms with E-state index in [1.165, 1.54) is 0 Å². The Kier molecular flexibility index (Phi) is 6.65. The molecule has 3 N–H and O–H groups in total. The number of nitrogens with one attached hydrogen (secondary N) is 2. The molecule has 1 atom stereocenters. The number of hydrogen-bond donors (Lipinski definition) is 3. The molecule has 20 heavy (non-hydrogen) atoms. The Balaban J connectivity index is 2.50. The van der Waals surface area contributed by atoms with Crippen molar-refractivity contribution >= 4 is 23.8 Å². The van der Waals surface area contributed by atoms with Crippen LogP contribution in [0.1, 0.15) is 39.5 Å². The van der Waals surface area contributed by atoms with Crippen molar-refractivity contribution in [1.29, 1.82) is 0 Å². The lowest BCUT2D eigenvalue weighted by molar-refractivity contribution is -0.146. The highest BCUT2D eigenvalue weighted by Crippen LogP contribution is 2.32. The van der Waals surface area contributed by atoms with Crippen LogP contribution in [0.4, 0.5) is 4.79 Å². The minimum absolute atomic E-state index is 0.366. The fourth-order valence-electron chi connectivity index (χ4n) is 2.52. The topological polar surface area (TPSA) is 78.4 Å². The summed E-state index contributed by atoms with van der Waals surface area (Å²) in [5, 5.41) is 14.9. The molecule has 0 aliphatic heterocycles. The monoisotopic (exact) mass is 302 g/mol. The minimum atomic E-state index is -1.08. The quantitative estimate of drug-likeness (QED) is 0.703. The van der Waals surface area contributed by atoms with Crippen molar-refractivity contribution in [2.24, 2.45) is 11.8 Å². The van der Waals surface area contributed by atoms with Crippen LogP contribution >= 0.6 is 11.8 Å². The van der Waals surface area contributed by atoms with Gasteiger partial charge < -0.3 is 15.7 Å². The summed E-state index contributed by atoms with van der Waals surface area (Å²) in [5.74, 6) is 0.968. The highest BCUT2D eigenvalue weighted by Gasteiger charge is 2.42. The number of carboxylic acids is 1. The van der Waals surface area contributed by atoms with Gasteiger partial charge in [-0.1, -0.05) is 13.8 Å². The SMILES string of the molecule is CSCC(C)CNC(=O)NC1(C(=O)O)CCC(C)CC1. The molecule has 1 rings (SSSR count). The maximum Gasteiger partial charge on any atom is 0.329 e. The third kappa shape index (κ3) is 4.89. The first-order valence-electron chi connectivity index (χ1n) is 7.18. The summed E-state index contributed by atoms with van der Waals surface area (Å²) in [6.07, 6.45) is 4.73. The van der Waals surface area contributed by atoms with Gasteiger partial charge in [-0.25, -0.2) is 9.59 Å². The predicted molar refractivity (Wildman–Crippen MR) is 82.1 cm³/mol. The molecule has 5 nitrogen and oxygen atoms in total. The highest BCUT2D eigenvalue weighted by molar-refractivity contribution is 7.98. The first-order valence-corrected chi connectivity index (χ1v) is 8.57. The second-order valence-corrected chi connectivity index (χ2v) is 6.88. The van der Waals surface area contributed by atoms with Gasteiger partial charge in [0.15, 0.2) is 0 Å². The van der Waals surface area contributed by atoms with Crippen LogP contribution in [0.5, 0.6) is 0 Å². The van der Waals surface area contributed by atoms with E-state index in [0.29, 0.717) is 31.2 Å². The van der Waals surface area contributed by atoms with Gasteiger partial charge in [0.25, 0.3) is 0 Å². The van der Waals surface area contributed by atoms with Crippen LogP contribution in [0.3, 0.4) is 0 Å². The molecular formula is C14H26N2O3S. The largest absolute Gasteiger partial charge is 0.480 e. The van der Waals surface area contributed by atoms with Crippen LogP contribution in [-0.4, -0.2) is 41.2 Å². The van der Waals surface area contributed by atoms with E-state index in [0.717, 1.165) is 18.6 Å². The van der Waals surface area contributed by atoms with Crippen LogP contribution in [0.2, 0.25) is 0 Å². The molecule has 1 aliphatic carbocycles. The van der Waals surface area contributed by atoms with Crippen LogP contribution in [0.25, 0.3) is 0 Å². The zero-order valence-corrected chi connectivity index (χ0v) is 13.4. The predicted octanol–water partition coefficient (Wildman–Crippen LogP) is 2.32. The normalized spacial score (nSPS) is 27.6. The number of aliphatic carboxylic acids is 1. The van der Waals surface area contributed by atoms with E-state index in [4.69, 9.17) is 0 Å². The summed E-state index contributed by atoms with van der Waals surface area (Å²) < 4.78 is 0. The summed E-state index contributed by atoms with van der Waals surface area (Å²) in [4.78, 5) is 23.4. The van der Waals surface area contributed by atoms with Crippen LogP contribution < -0.4 is 10.6 Å². The molecule has 0 aromatic carbocycles. The van der Waals surface area contributed by atoms with E-state index in [1.807, 2.05) is 6.26 Å². The summed E-state index contributed by atoms with van der Waals surface area (Å²) in [7, 11) is 0. The zero-order chi connectivity index (χ0) is 15.2. The van der Waals surface area contributed by atoms with Crippen LogP contribution in [0.15, 0.2) is 0 Å². The number of urea groups is 1. The summed E-state index contributed by atoms with van der Waals surface area (Å²) in [5.41, 5.74) is -1.08. The van der Waals surface area contributed by atoms with E-state index >= 15 is 0 Å². The Morgan fingerprint density at radius 2 is 2.00 bits per heavy atom. The summed E-state index contributed by atoms with van der Waals surface area (Å²) in [6, 6.07) is -0.366. The fourth-order valence-corrected chi connectivity index (χ4v) is 3.21. The molecular weight excluding hydrogens is 276 g/mol. The summed E-state index contributed by atoms with van der Waals surface area (Å²) >= 11 is 1.74. The molecule has 6 heteroatoms. The van der Waals surface area contributed by atoms with Crippen LogP contribution in [0, 0.1) is 11.8 Å². The molecule has 0 bridgehead atoms. The molecule has 0 aromatic rings. The van der Waals surface area contributed by atoms with Gasteiger partial charge in [-0.2, -0.15) is 11.8 Å². The summed E-state index contributed by atoms with van der Waals surface area (Å²) in [6.45, 7) is 4.75. The van der Waals surface area contributed by atoms with Gasteiger partial charge in [0.05, 0.1) is 0 Å². The molecule has 1 unspecified atom stereocenters. The van der Waals surface area contributed by atoms with E-state index in [2.05, 4.69) is 24.5 Å². The molecule has 1 fully saturated rings. The number of carboxylic acid groups (broad SMARTS) is 1. The smallest absolute Gasteiger partial charge is 0.329 e. The lowest BCUT2D eigenvalue weighted by Crippen LogP contribution is -2.58. The third-order valence-electron chi connectivity index (χ3n) is 3.95. The second-order valence-electron chi connectivity index (χ2n) is 5.97. The Labute approximate surface area is 125 Å². The van der Waals surface area contributed by atoms with Gasteiger partial charge in [0.1, 0.15) is 5.54 Å². The molecule has 0 saturated heterocycles. The Hall–Kier alpha value is -0.910. The number of thioether (sulfide) groups is 1. The standard InChI is InChI=1S/C14H26N2O3S/c1-10-4-6-14(7-5-10,12(17)18)16-13(19)15-8-11(2)9-20-3/h10-11H,4-9H2,1-3H3,(H,17,18)(H2,15,16,19). The minimum Gasteiger partial charge on any atom is -0.480 e. The maximum absolute atomic E-state index is 11.9. The van der Waals surface area contributed by atoms with Crippen molar-refractivity contribution < 1.29 is 14.7 Å². The molecule has 2 amide bonds. The Bertz CT molecular complexity index is 341. The van der Waals surface area contributed by atoms with Crippen molar-refractivity contribution in [2.75, 3.05) is 18.6 Å². The van der Waals surface area contributed by atoms with Gasteiger partial charge in [-0.05, 0) is 49.5 Å². The maximum atomic E-state index is 11.9. The van der Waals surface area contributed by atoms with Crippen molar-refractivity contribution in [1.82, 2.24) is 10.6 Å². The lowest BCUT2D eigenvalue weighted by Gasteiger charge is -2.36. The van der Waals surface area contributed by atoms with Gasteiger partial charge in [0, 0.05) is 6.54 Å². The number of carbonyl (C=O) groups excluding carboxylic acids is 1. The molecule has 0 spiro atoms. The third-order valence-corrected chi connectivity index (χ3v) is 4.85. The highest BCUT2D eigenvalue weighted by atomic mass is 32.2. The fraction of sp³-hybridized carbons (Fsp3) is 0.857. The Morgan fingerprint density at radius 1 is 1.40 bits per heavy atom. The number of amides is 2. The van der Waals surface area contributed by atoms with Crippen molar-refractivity contribution in [3.05, 3.63) is 0 Å². The first-order chi connectivity index (χ1) is 9.39. The van der Waals surface area contributed by atoms with Gasteiger partial charge in [-0.15, -0.1) is 0 Å². The van der Waals surface area contributed by atoms with E-state index in [1.54, 1.807) is 11.8 Å². The second kappa shape index (κ2) is 7.76. The van der Waals surface area contributed by atoms with Crippen molar-refractivity contribution in [3.8, 4) is 0 Å². The van der Waals surface area contributed by atoms with Crippen LogP contribution in [-0.2, 0) is 4.79 Å². The average Bonchev–Trinajstić information content (AvgIpc) is 2.39. The number of rotatable bonds is 6. The average molecular weight is 302 g/mol. The van der Waals surface area contributed by atoms with Crippen molar-refractivity contribution in [3.63, 3.8) is 0 Å². The molecule has 0 aromatic heterocycles. The molecule has 116 valence electrons. The molecule has 0 heterocycles. The van der Waals surface area contributed by atoms with E-state index < -0.39 is 11.5 Å². The van der Waals surface area contributed by atoms with Crippen molar-refractivity contribution in [2.45, 2.75) is 45.1 Å². The van der Waals surface area contributed by atoms with Gasteiger partial charge in [-0.3, -0.25) is 0 Å². The van der Waals surface area contributed by atoms with E-state index in [9.17, 15) is 14.7 Å². The molecule has 0 radical (unpaired) electrons. The first kappa shape index (κ1) is 17.1. The zero-order valence-electron chi connectivity index (χ0n) is 12.6.